The number of fused-ring (bicyclic) bond motifs is 1. The minimum atomic E-state index is -5.16. The van der Waals surface area contributed by atoms with Crippen LogP contribution < -0.4 is 5.73 Å². The van der Waals surface area contributed by atoms with Crippen molar-refractivity contribution < 1.29 is 35.9 Å². The van der Waals surface area contributed by atoms with Crippen LogP contribution in [0, 0.1) is 5.92 Å². The van der Waals surface area contributed by atoms with Crippen molar-refractivity contribution in [1.82, 2.24) is 19.8 Å². The Bertz CT molecular complexity index is 888. The first kappa shape index (κ1) is 24.2. The molecule has 13 heteroatoms. The number of hydrogen-bond donors (Lipinski definition) is 1. The van der Waals surface area contributed by atoms with Gasteiger partial charge in [-0.25, -0.2) is 9.97 Å². The Morgan fingerprint density at radius 2 is 1.84 bits per heavy atom. The van der Waals surface area contributed by atoms with Gasteiger partial charge >= 0.3 is 12.4 Å². The first-order valence-corrected chi connectivity index (χ1v) is 10.1. The van der Waals surface area contributed by atoms with E-state index in [-0.39, 0.29) is 37.8 Å². The first-order chi connectivity index (χ1) is 14.8. The van der Waals surface area contributed by atoms with Crippen LogP contribution in [0.5, 0.6) is 0 Å². The highest BCUT2D eigenvalue weighted by atomic mass is 19.4. The van der Waals surface area contributed by atoms with Crippen LogP contribution in [0.3, 0.4) is 0 Å². The number of amides is 2. The highest BCUT2D eigenvalue weighted by Gasteiger charge is 2.43. The number of carbonyl (C=O) groups is 2. The molecule has 1 aromatic rings. The zero-order valence-corrected chi connectivity index (χ0v) is 17.3. The number of piperidine rings is 1. The molecule has 7 nitrogen and oxygen atoms in total. The van der Waals surface area contributed by atoms with Gasteiger partial charge in [0.25, 0.3) is 0 Å². The number of likely N-dealkylation sites (tertiary alicyclic amines) is 1. The fourth-order valence-corrected chi connectivity index (χ4v) is 3.93. The Labute approximate surface area is 180 Å². The summed E-state index contributed by atoms with van der Waals surface area (Å²) in [6, 6.07) is -0.705. The van der Waals surface area contributed by atoms with E-state index >= 15 is 0 Å². The maximum Gasteiger partial charge on any atom is 0.451 e. The van der Waals surface area contributed by atoms with E-state index in [9.17, 15) is 35.9 Å². The van der Waals surface area contributed by atoms with Gasteiger partial charge in [0.1, 0.15) is 0 Å². The minimum Gasteiger partial charge on any atom is -0.341 e. The molecule has 2 aliphatic rings. The lowest BCUT2D eigenvalue weighted by Crippen LogP contribution is -2.47. The molecular formula is C19H23F6N5O2. The molecule has 1 aromatic heterocycles. The molecule has 3 heterocycles. The van der Waals surface area contributed by atoms with Gasteiger partial charge < -0.3 is 15.5 Å². The third-order valence-corrected chi connectivity index (χ3v) is 5.60. The van der Waals surface area contributed by atoms with E-state index in [1.165, 1.54) is 0 Å². The second-order valence-corrected chi connectivity index (χ2v) is 8.28. The van der Waals surface area contributed by atoms with Crippen LogP contribution in [0.25, 0.3) is 0 Å². The van der Waals surface area contributed by atoms with Crippen molar-refractivity contribution in [2.45, 2.75) is 57.5 Å². The van der Waals surface area contributed by atoms with Gasteiger partial charge in [-0.2, -0.15) is 26.3 Å². The van der Waals surface area contributed by atoms with Crippen LogP contribution in [0.15, 0.2) is 0 Å². The zero-order valence-electron chi connectivity index (χ0n) is 17.3. The van der Waals surface area contributed by atoms with Gasteiger partial charge in [-0.05, 0) is 18.8 Å². The lowest BCUT2D eigenvalue weighted by Gasteiger charge is -2.33. The molecule has 178 valence electrons. The van der Waals surface area contributed by atoms with E-state index in [2.05, 4.69) is 9.97 Å². The summed E-state index contributed by atoms with van der Waals surface area (Å²) in [5.41, 5.74) is 3.46. The number of rotatable bonds is 4. The van der Waals surface area contributed by atoms with Crippen molar-refractivity contribution in [2.75, 3.05) is 19.6 Å². The standard InChI is InChI=1S/C19H23F6N5O2/c1-10-2-4-29(14(31)6-10)8-11(26)7-15(32)30-5-3-12-13(9-30)27-17(19(23,24)25)28-16(12)18(20,21)22/h10-11H,2-9,26H2,1H3. The van der Waals surface area contributed by atoms with Crippen LogP contribution in [-0.4, -0.2) is 57.3 Å². The van der Waals surface area contributed by atoms with Crippen LogP contribution in [0.2, 0.25) is 0 Å². The fourth-order valence-electron chi connectivity index (χ4n) is 3.93. The van der Waals surface area contributed by atoms with Crippen molar-refractivity contribution in [3.63, 3.8) is 0 Å². The van der Waals surface area contributed by atoms with Gasteiger partial charge in [0, 0.05) is 44.1 Å². The smallest absolute Gasteiger partial charge is 0.341 e. The molecule has 0 aliphatic carbocycles. The molecule has 1 saturated heterocycles. The lowest BCUT2D eigenvalue weighted by molar-refractivity contribution is -0.153. The van der Waals surface area contributed by atoms with Gasteiger partial charge in [-0.15, -0.1) is 0 Å². The Balaban J connectivity index is 1.71. The molecule has 0 bridgehead atoms. The average molecular weight is 467 g/mol. The number of hydrogen-bond acceptors (Lipinski definition) is 5. The van der Waals surface area contributed by atoms with Crippen LogP contribution in [0.1, 0.15) is 49.0 Å². The van der Waals surface area contributed by atoms with Crippen molar-refractivity contribution in [2.24, 2.45) is 11.7 Å². The summed E-state index contributed by atoms with van der Waals surface area (Å²) in [6.07, 6.45) is -9.56. The lowest BCUT2D eigenvalue weighted by atomic mass is 9.98. The number of halogens is 6. The van der Waals surface area contributed by atoms with E-state index < -0.39 is 53.6 Å². The van der Waals surface area contributed by atoms with Gasteiger partial charge in [-0.1, -0.05) is 6.92 Å². The van der Waals surface area contributed by atoms with Crippen molar-refractivity contribution in [3.05, 3.63) is 22.8 Å². The molecule has 2 aliphatic heterocycles. The highest BCUT2D eigenvalue weighted by molar-refractivity contribution is 5.78. The third-order valence-electron chi connectivity index (χ3n) is 5.60. The molecule has 0 aromatic carbocycles. The van der Waals surface area contributed by atoms with Gasteiger partial charge in [0.2, 0.25) is 17.6 Å². The number of alkyl halides is 6. The van der Waals surface area contributed by atoms with Gasteiger partial charge in [0.05, 0.1) is 12.2 Å². The molecule has 2 N–H and O–H groups in total. The van der Waals surface area contributed by atoms with E-state index in [0.717, 1.165) is 11.3 Å². The second kappa shape index (κ2) is 8.83. The molecule has 1 fully saturated rings. The molecule has 0 spiro atoms. The molecule has 0 radical (unpaired) electrons. The maximum atomic E-state index is 13.3. The van der Waals surface area contributed by atoms with E-state index in [1.54, 1.807) is 4.90 Å². The predicted molar refractivity (Wildman–Crippen MR) is 98.7 cm³/mol. The van der Waals surface area contributed by atoms with Gasteiger partial charge in [0.15, 0.2) is 5.69 Å². The average Bonchev–Trinajstić information content (AvgIpc) is 2.67. The molecule has 32 heavy (non-hydrogen) atoms. The Hall–Kier alpha value is -2.44. The highest BCUT2D eigenvalue weighted by Crippen LogP contribution is 2.36. The van der Waals surface area contributed by atoms with Gasteiger partial charge in [-0.3, -0.25) is 9.59 Å². The van der Waals surface area contributed by atoms with Crippen LogP contribution >= 0.6 is 0 Å². The van der Waals surface area contributed by atoms with Crippen LogP contribution in [-0.2, 0) is 34.9 Å². The summed E-state index contributed by atoms with van der Waals surface area (Å²) < 4.78 is 78.8. The van der Waals surface area contributed by atoms with E-state index in [4.69, 9.17) is 5.73 Å². The normalized spacial score (nSPS) is 20.9. The van der Waals surface area contributed by atoms with E-state index in [0.29, 0.717) is 13.0 Å². The molecular weight excluding hydrogens is 444 g/mol. The Morgan fingerprint density at radius 1 is 1.16 bits per heavy atom. The number of carbonyl (C=O) groups excluding carboxylic acids is 2. The first-order valence-electron chi connectivity index (χ1n) is 10.1. The minimum absolute atomic E-state index is 0.0605. The summed E-state index contributed by atoms with van der Waals surface area (Å²) in [5.74, 6) is -2.21. The number of aromatic nitrogens is 2. The zero-order chi connectivity index (χ0) is 23.8. The SMILES string of the molecule is CC1CCN(CC(N)CC(=O)N2CCc3c(nc(C(F)(F)F)nc3C(F)(F)F)C2)C(=O)C1. The largest absolute Gasteiger partial charge is 0.451 e. The summed E-state index contributed by atoms with van der Waals surface area (Å²) in [4.78, 5) is 33.4. The quantitative estimate of drug-likeness (QED) is 0.687. The summed E-state index contributed by atoms with van der Waals surface area (Å²) in [5, 5.41) is 0. The molecule has 2 unspecified atom stereocenters. The topological polar surface area (TPSA) is 92.4 Å². The van der Waals surface area contributed by atoms with Crippen molar-refractivity contribution in [1.29, 1.82) is 0 Å². The summed E-state index contributed by atoms with van der Waals surface area (Å²) >= 11 is 0. The Kier molecular flexibility index (Phi) is 6.68. The maximum absolute atomic E-state index is 13.3. The van der Waals surface area contributed by atoms with E-state index in [1.807, 2.05) is 6.92 Å². The second-order valence-electron chi connectivity index (χ2n) is 8.28. The molecule has 0 saturated carbocycles. The fraction of sp³-hybridized carbons (Fsp3) is 0.684. The molecule has 2 atom stereocenters. The molecule has 2 amide bonds. The summed E-state index contributed by atoms with van der Waals surface area (Å²) in [7, 11) is 0. The third kappa shape index (κ3) is 5.48. The predicted octanol–water partition coefficient (Wildman–Crippen LogP) is 2.37. The summed E-state index contributed by atoms with van der Waals surface area (Å²) in [6.45, 7) is 2.01. The monoisotopic (exact) mass is 467 g/mol. The van der Waals surface area contributed by atoms with Crippen LogP contribution in [0.4, 0.5) is 26.3 Å². The van der Waals surface area contributed by atoms with Crippen molar-refractivity contribution in [3.8, 4) is 0 Å². The van der Waals surface area contributed by atoms with Crippen molar-refractivity contribution >= 4 is 11.8 Å². The Morgan fingerprint density at radius 3 is 2.44 bits per heavy atom. The molecule has 3 rings (SSSR count). The number of nitrogens with zero attached hydrogens (tertiary/aromatic N) is 4. The number of nitrogens with two attached hydrogens (primary N) is 1.